The lowest BCUT2D eigenvalue weighted by Crippen LogP contribution is -2.48. The second kappa shape index (κ2) is 7.87. The SMILES string of the molecule is CN1CCC(CSN2C3CCC2CC(NC(=O)c2cc(C4(O)CC4)on2)C3)CC1. The van der Waals surface area contributed by atoms with E-state index in [0.29, 0.717) is 30.7 Å². The van der Waals surface area contributed by atoms with Crippen LogP contribution in [0, 0.1) is 5.92 Å². The summed E-state index contributed by atoms with van der Waals surface area (Å²) in [6, 6.07) is 2.93. The normalized spacial score (nSPS) is 32.4. The van der Waals surface area contributed by atoms with Gasteiger partial charge < -0.3 is 19.8 Å². The standard InChI is InChI=1S/C21H32N4O3S/c1-24-8-4-14(5-9-24)13-29-25-16-2-3-17(25)11-15(10-16)22-20(26)18-12-19(28-23-18)21(27)6-7-21/h12,14-17,27H,2-11,13H2,1H3,(H,22,26). The molecule has 1 aromatic rings. The third-order valence-electron chi connectivity index (χ3n) is 7.22. The van der Waals surface area contributed by atoms with Gasteiger partial charge in [0.2, 0.25) is 0 Å². The van der Waals surface area contributed by atoms with E-state index in [4.69, 9.17) is 4.52 Å². The van der Waals surface area contributed by atoms with Gasteiger partial charge in [-0.3, -0.25) is 4.79 Å². The number of piperidine rings is 2. The molecule has 8 heteroatoms. The van der Waals surface area contributed by atoms with E-state index in [2.05, 4.69) is 38.7 Å². The molecule has 2 N–H and O–H groups in total. The van der Waals surface area contributed by atoms with Gasteiger partial charge in [-0.25, -0.2) is 4.31 Å². The molecule has 2 bridgehead atoms. The molecule has 1 aromatic heterocycles. The van der Waals surface area contributed by atoms with Crippen LogP contribution in [0.25, 0.3) is 0 Å². The Morgan fingerprint density at radius 1 is 1.28 bits per heavy atom. The molecule has 5 rings (SSSR count). The van der Waals surface area contributed by atoms with E-state index < -0.39 is 5.60 Å². The molecule has 29 heavy (non-hydrogen) atoms. The van der Waals surface area contributed by atoms with E-state index in [1.165, 1.54) is 44.5 Å². The van der Waals surface area contributed by atoms with Crippen LogP contribution in [0.4, 0.5) is 0 Å². The van der Waals surface area contributed by atoms with E-state index in [1.807, 2.05) is 0 Å². The fourth-order valence-corrected chi connectivity index (χ4v) is 6.63. The second-order valence-electron chi connectivity index (χ2n) is 9.54. The monoisotopic (exact) mass is 420 g/mol. The molecule has 2 unspecified atom stereocenters. The second-order valence-corrected chi connectivity index (χ2v) is 10.6. The van der Waals surface area contributed by atoms with Gasteiger partial charge in [0.05, 0.1) is 0 Å². The Labute approximate surface area is 176 Å². The highest BCUT2D eigenvalue weighted by Gasteiger charge is 2.46. The number of aliphatic hydroxyl groups is 1. The van der Waals surface area contributed by atoms with Crippen LogP contribution >= 0.6 is 11.9 Å². The molecule has 4 heterocycles. The molecule has 1 aliphatic carbocycles. The molecule has 0 aromatic carbocycles. The summed E-state index contributed by atoms with van der Waals surface area (Å²) in [7, 11) is 2.22. The number of hydrogen-bond acceptors (Lipinski definition) is 7. The largest absolute Gasteiger partial charge is 0.382 e. The molecule has 0 radical (unpaired) electrons. The van der Waals surface area contributed by atoms with Crippen molar-refractivity contribution >= 4 is 17.9 Å². The Balaban J connectivity index is 1.12. The number of carbonyl (C=O) groups excluding carboxylic acids is 1. The van der Waals surface area contributed by atoms with Gasteiger partial charge in [0, 0.05) is 29.9 Å². The third kappa shape index (κ3) is 4.22. The maximum Gasteiger partial charge on any atom is 0.273 e. The maximum absolute atomic E-state index is 12.6. The average Bonchev–Trinajstić information content (AvgIpc) is 3.16. The number of nitrogens with one attached hydrogen (secondary N) is 1. The number of likely N-dealkylation sites (tertiary alicyclic amines) is 1. The van der Waals surface area contributed by atoms with Crippen LogP contribution in [0.1, 0.15) is 67.6 Å². The van der Waals surface area contributed by atoms with Gasteiger partial charge in [-0.15, -0.1) is 0 Å². The molecule has 1 saturated carbocycles. The van der Waals surface area contributed by atoms with E-state index in [1.54, 1.807) is 6.07 Å². The number of amides is 1. The van der Waals surface area contributed by atoms with Gasteiger partial charge in [-0.1, -0.05) is 17.1 Å². The highest BCUT2D eigenvalue weighted by atomic mass is 32.2. The first-order chi connectivity index (χ1) is 14.0. The topological polar surface area (TPSA) is 81.8 Å². The quantitative estimate of drug-likeness (QED) is 0.684. The van der Waals surface area contributed by atoms with Crippen molar-refractivity contribution in [3.63, 3.8) is 0 Å². The number of carbonyl (C=O) groups is 1. The Morgan fingerprint density at radius 3 is 2.62 bits per heavy atom. The number of hydrogen-bond donors (Lipinski definition) is 2. The summed E-state index contributed by atoms with van der Waals surface area (Å²) in [5.41, 5.74) is -0.604. The first-order valence-corrected chi connectivity index (χ1v) is 12.0. The molecule has 160 valence electrons. The average molecular weight is 421 g/mol. The van der Waals surface area contributed by atoms with E-state index in [9.17, 15) is 9.90 Å². The molecule has 2 atom stereocenters. The third-order valence-corrected chi connectivity index (χ3v) is 8.74. The molecule has 4 aliphatic rings. The lowest BCUT2D eigenvalue weighted by Gasteiger charge is -2.39. The Hall–Kier alpha value is -1.09. The van der Waals surface area contributed by atoms with Crippen LogP contribution in [0.3, 0.4) is 0 Å². The summed E-state index contributed by atoms with van der Waals surface area (Å²) in [4.78, 5) is 15.0. The van der Waals surface area contributed by atoms with Crippen LogP contribution in [0.5, 0.6) is 0 Å². The Kier molecular flexibility index (Phi) is 5.39. The fraction of sp³-hybridized carbons (Fsp3) is 0.810. The van der Waals surface area contributed by atoms with Crippen molar-refractivity contribution in [2.24, 2.45) is 5.92 Å². The minimum atomic E-state index is -0.888. The molecule has 3 aliphatic heterocycles. The Morgan fingerprint density at radius 2 is 1.97 bits per heavy atom. The molecule has 4 fully saturated rings. The van der Waals surface area contributed by atoms with Crippen molar-refractivity contribution in [2.75, 3.05) is 25.9 Å². The molecule has 7 nitrogen and oxygen atoms in total. The van der Waals surface area contributed by atoms with Gasteiger partial charge in [-0.2, -0.15) is 0 Å². The maximum atomic E-state index is 12.6. The molecular weight excluding hydrogens is 388 g/mol. The molecular formula is C21H32N4O3S. The summed E-state index contributed by atoms with van der Waals surface area (Å²) < 4.78 is 7.84. The van der Waals surface area contributed by atoms with Crippen LogP contribution < -0.4 is 5.32 Å². The van der Waals surface area contributed by atoms with Gasteiger partial charge >= 0.3 is 0 Å². The van der Waals surface area contributed by atoms with Gasteiger partial charge in [-0.05, 0) is 77.4 Å². The van der Waals surface area contributed by atoms with Gasteiger partial charge in [0.25, 0.3) is 5.91 Å². The zero-order valence-corrected chi connectivity index (χ0v) is 18.0. The first-order valence-electron chi connectivity index (χ1n) is 11.1. The lowest BCUT2D eigenvalue weighted by molar-refractivity contribution is 0.0898. The number of rotatable bonds is 6. The van der Waals surface area contributed by atoms with Crippen LogP contribution in [0.15, 0.2) is 10.6 Å². The van der Waals surface area contributed by atoms with Crippen LogP contribution in [-0.2, 0) is 5.60 Å². The zero-order chi connectivity index (χ0) is 20.0. The summed E-state index contributed by atoms with van der Waals surface area (Å²) in [5.74, 6) is 2.32. The summed E-state index contributed by atoms with van der Waals surface area (Å²) in [6.07, 6.45) is 8.49. The molecule has 1 amide bonds. The van der Waals surface area contributed by atoms with E-state index in [0.717, 1.165) is 18.8 Å². The zero-order valence-electron chi connectivity index (χ0n) is 17.2. The molecule has 3 saturated heterocycles. The first kappa shape index (κ1) is 19.8. The summed E-state index contributed by atoms with van der Waals surface area (Å²) in [5, 5.41) is 17.2. The highest BCUT2D eigenvalue weighted by molar-refractivity contribution is 7.97. The van der Waals surface area contributed by atoms with Crippen molar-refractivity contribution in [3.8, 4) is 0 Å². The van der Waals surface area contributed by atoms with E-state index >= 15 is 0 Å². The van der Waals surface area contributed by atoms with E-state index in [-0.39, 0.29) is 17.6 Å². The van der Waals surface area contributed by atoms with Crippen molar-refractivity contribution < 1.29 is 14.4 Å². The minimum absolute atomic E-state index is 0.180. The summed E-state index contributed by atoms with van der Waals surface area (Å²) >= 11 is 2.06. The Bertz CT molecular complexity index is 730. The van der Waals surface area contributed by atoms with Crippen molar-refractivity contribution in [3.05, 3.63) is 17.5 Å². The van der Waals surface area contributed by atoms with Gasteiger partial charge in [0.1, 0.15) is 5.60 Å². The molecule has 0 spiro atoms. The fourth-order valence-electron chi connectivity index (χ4n) is 5.11. The van der Waals surface area contributed by atoms with Crippen molar-refractivity contribution in [1.82, 2.24) is 19.7 Å². The predicted octanol–water partition coefficient (Wildman–Crippen LogP) is 2.37. The van der Waals surface area contributed by atoms with Crippen molar-refractivity contribution in [2.45, 2.75) is 75.1 Å². The smallest absolute Gasteiger partial charge is 0.273 e. The summed E-state index contributed by atoms with van der Waals surface area (Å²) in [6.45, 7) is 2.46. The van der Waals surface area contributed by atoms with Gasteiger partial charge in [0.15, 0.2) is 11.5 Å². The van der Waals surface area contributed by atoms with Crippen LogP contribution in [-0.4, -0.2) is 69.4 Å². The van der Waals surface area contributed by atoms with Crippen LogP contribution in [0.2, 0.25) is 0 Å². The number of aromatic nitrogens is 1. The highest BCUT2D eigenvalue weighted by Crippen LogP contribution is 2.45. The lowest BCUT2D eigenvalue weighted by atomic mass is 9.99. The minimum Gasteiger partial charge on any atom is -0.382 e. The number of fused-ring (bicyclic) bond motifs is 2. The van der Waals surface area contributed by atoms with Crippen molar-refractivity contribution in [1.29, 1.82) is 0 Å². The number of nitrogens with zero attached hydrogens (tertiary/aromatic N) is 3. The predicted molar refractivity (Wildman–Crippen MR) is 111 cm³/mol.